The van der Waals surface area contributed by atoms with Gasteiger partial charge >= 0.3 is 0 Å². The normalized spacial score (nSPS) is 12.0. The molecule has 1 amide bonds. The molecule has 0 radical (unpaired) electrons. The van der Waals surface area contributed by atoms with Gasteiger partial charge in [0.05, 0.1) is 6.04 Å². The van der Waals surface area contributed by atoms with Crippen molar-refractivity contribution in [2.45, 2.75) is 39.8 Å². The van der Waals surface area contributed by atoms with Gasteiger partial charge < -0.3 is 10.6 Å². The first kappa shape index (κ1) is 15.9. The lowest BCUT2D eigenvalue weighted by Crippen LogP contribution is -2.28. The number of aryl methyl sites for hydroxylation is 1. The Morgan fingerprint density at radius 1 is 1.09 bits per heavy atom. The highest BCUT2D eigenvalue weighted by atomic mass is 16.1. The molecule has 0 aliphatic rings. The van der Waals surface area contributed by atoms with E-state index in [1.165, 1.54) is 0 Å². The number of aromatic nitrogens is 2. The molecule has 1 aromatic carbocycles. The van der Waals surface area contributed by atoms with E-state index >= 15 is 0 Å². The number of carbonyl (C=O) groups is 1. The lowest BCUT2D eigenvalue weighted by molar-refractivity contribution is 0.0934. The van der Waals surface area contributed by atoms with Gasteiger partial charge in [-0.1, -0.05) is 30.3 Å². The topological polar surface area (TPSA) is 66.9 Å². The third-order valence-corrected chi connectivity index (χ3v) is 3.15. The molecule has 116 valence electrons. The number of benzene rings is 1. The minimum absolute atomic E-state index is 0.0783. The van der Waals surface area contributed by atoms with E-state index in [0.29, 0.717) is 17.3 Å². The second kappa shape index (κ2) is 7.02. The van der Waals surface area contributed by atoms with Crippen LogP contribution in [0, 0.1) is 6.92 Å². The molecule has 0 saturated heterocycles. The first-order valence-electron chi connectivity index (χ1n) is 7.43. The number of hydrogen-bond acceptors (Lipinski definition) is 4. The zero-order valence-corrected chi connectivity index (χ0v) is 13.4. The van der Waals surface area contributed by atoms with Gasteiger partial charge in [0.25, 0.3) is 5.91 Å². The smallest absolute Gasteiger partial charge is 0.270 e. The molecule has 2 rings (SSSR count). The molecule has 5 heteroatoms. The summed E-state index contributed by atoms with van der Waals surface area (Å²) >= 11 is 0. The largest absolute Gasteiger partial charge is 0.368 e. The lowest BCUT2D eigenvalue weighted by atomic mass is 10.1. The van der Waals surface area contributed by atoms with Gasteiger partial charge in [-0.2, -0.15) is 0 Å². The number of rotatable bonds is 5. The quantitative estimate of drug-likeness (QED) is 0.890. The first-order valence-corrected chi connectivity index (χ1v) is 7.43. The first-order chi connectivity index (χ1) is 10.5. The van der Waals surface area contributed by atoms with Crippen LogP contribution >= 0.6 is 0 Å². The Kier molecular flexibility index (Phi) is 5.09. The van der Waals surface area contributed by atoms with Crippen molar-refractivity contribution >= 4 is 11.7 Å². The van der Waals surface area contributed by atoms with E-state index in [1.807, 2.05) is 51.1 Å². The highest BCUT2D eigenvalue weighted by molar-refractivity contribution is 5.93. The maximum absolute atomic E-state index is 12.4. The van der Waals surface area contributed by atoms with E-state index < -0.39 is 0 Å². The van der Waals surface area contributed by atoms with E-state index in [9.17, 15) is 4.79 Å². The van der Waals surface area contributed by atoms with E-state index in [4.69, 9.17) is 0 Å². The Morgan fingerprint density at radius 2 is 1.77 bits per heavy atom. The van der Waals surface area contributed by atoms with Crippen LogP contribution < -0.4 is 10.6 Å². The van der Waals surface area contributed by atoms with Gasteiger partial charge in [0.15, 0.2) is 0 Å². The zero-order chi connectivity index (χ0) is 16.1. The summed E-state index contributed by atoms with van der Waals surface area (Å²) in [6, 6.07) is 11.7. The van der Waals surface area contributed by atoms with Crippen LogP contribution in [0.1, 0.15) is 48.7 Å². The molecule has 22 heavy (non-hydrogen) atoms. The average Bonchev–Trinajstić information content (AvgIpc) is 2.46. The van der Waals surface area contributed by atoms with Crippen molar-refractivity contribution in [2.24, 2.45) is 0 Å². The molecular formula is C17H22N4O. The Morgan fingerprint density at radius 3 is 2.41 bits per heavy atom. The SMILES string of the molecule is Cc1nc(NC(C)C)cc(C(=O)NC(C)c2ccccc2)n1. The summed E-state index contributed by atoms with van der Waals surface area (Å²) in [7, 11) is 0. The average molecular weight is 298 g/mol. The van der Waals surface area contributed by atoms with Crippen LogP contribution in [0.3, 0.4) is 0 Å². The number of nitrogens with one attached hydrogen (secondary N) is 2. The van der Waals surface area contributed by atoms with Gasteiger partial charge in [-0.05, 0) is 33.3 Å². The number of amides is 1. The molecule has 0 aliphatic heterocycles. The number of carbonyl (C=O) groups excluding carboxylic acids is 1. The monoisotopic (exact) mass is 298 g/mol. The van der Waals surface area contributed by atoms with Gasteiger partial charge in [0.2, 0.25) is 0 Å². The van der Waals surface area contributed by atoms with Crippen molar-refractivity contribution in [1.29, 1.82) is 0 Å². The number of nitrogens with zero attached hydrogens (tertiary/aromatic N) is 2. The molecule has 5 nitrogen and oxygen atoms in total. The maximum Gasteiger partial charge on any atom is 0.270 e. The standard InChI is InChI=1S/C17H22N4O/c1-11(2)18-16-10-15(20-13(4)21-16)17(22)19-12(3)14-8-6-5-7-9-14/h5-12H,1-4H3,(H,19,22)(H,18,20,21). The minimum atomic E-state index is -0.200. The van der Waals surface area contributed by atoms with E-state index in [1.54, 1.807) is 13.0 Å². The van der Waals surface area contributed by atoms with Crippen LogP contribution in [-0.4, -0.2) is 21.9 Å². The summed E-state index contributed by atoms with van der Waals surface area (Å²) in [5, 5.41) is 6.16. The van der Waals surface area contributed by atoms with E-state index in [-0.39, 0.29) is 18.0 Å². The fraction of sp³-hybridized carbons (Fsp3) is 0.353. The maximum atomic E-state index is 12.4. The lowest BCUT2D eigenvalue weighted by Gasteiger charge is -2.15. The van der Waals surface area contributed by atoms with Crippen molar-refractivity contribution < 1.29 is 4.79 Å². The minimum Gasteiger partial charge on any atom is -0.368 e. The number of hydrogen-bond donors (Lipinski definition) is 2. The molecule has 0 aliphatic carbocycles. The predicted octanol–water partition coefficient (Wildman–Crippen LogP) is 3.10. The fourth-order valence-electron chi connectivity index (χ4n) is 2.15. The van der Waals surface area contributed by atoms with Crippen molar-refractivity contribution in [3.8, 4) is 0 Å². The van der Waals surface area contributed by atoms with Crippen molar-refractivity contribution in [2.75, 3.05) is 5.32 Å². The summed E-state index contributed by atoms with van der Waals surface area (Å²) < 4.78 is 0. The van der Waals surface area contributed by atoms with E-state index in [2.05, 4.69) is 20.6 Å². The zero-order valence-electron chi connectivity index (χ0n) is 13.4. The molecule has 1 atom stereocenters. The highest BCUT2D eigenvalue weighted by Gasteiger charge is 2.14. The Bertz CT molecular complexity index is 640. The van der Waals surface area contributed by atoms with Crippen LogP contribution in [0.15, 0.2) is 36.4 Å². The van der Waals surface area contributed by atoms with Crippen LogP contribution in [0.5, 0.6) is 0 Å². The summed E-state index contributed by atoms with van der Waals surface area (Å²) in [4.78, 5) is 20.9. The summed E-state index contributed by atoms with van der Waals surface area (Å²) in [5.74, 6) is 1.04. The second-order valence-corrected chi connectivity index (χ2v) is 5.59. The molecular weight excluding hydrogens is 276 g/mol. The van der Waals surface area contributed by atoms with Crippen LogP contribution in [0.4, 0.5) is 5.82 Å². The molecule has 1 heterocycles. The molecule has 2 aromatic rings. The van der Waals surface area contributed by atoms with E-state index in [0.717, 1.165) is 5.56 Å². The van der Waals surface area contributed by atoms with Gasteiger partial charge in [0, 0.05) is 12.1 Å². The Labute approximate surface area is 131 Å². The summed E-state index contributed by atoms with van der Waals surface area (Å²) in [5.41, 5.74) is 1.43. The van der Waals surface area contributed by atoms with Gasteiger partial charge in [0.1, 0.15) is 17.3 Å². The molecule has 0 fully saturated rings. The van der Waals surface area contributed by atoms with Crippen molar-refractivity contribution in [3.05, 3.63) is 53.5 Å². The van der Waals surface area contributed by atoms with Crippen LogP contribution in [0.2, 0.25) is 0 Å². The molecule has 1 aromatic heterocycles. The van der Waals surface area contributed by atoms with Crippen LogP contribution in [-0.2, 0) is 0 Å². The molecule has 2 N–H and O–H groups in total. The summed E-state index contributed by atoms with van der Waals surface area (Å²) in [6.07, 6.45) is 0. The third kappa shape index (κ3) is 4.28. The van der Waals surface area contributed by atoms with Gasteiger partial charge in [-0.3, -0.25) is 4.79 Å². The third-order valence-electron chi connectivity index (χ3n) is 3.15. The Balaban J connectivity index is 2.14. The van der Waals surface area contributed by atoms with Crippen LogP contribution in [0.25, 0.3) is 0 Å². The fourth-order valence-corrected chi connectivity index (χ4v) is 2.15. The van der Waals surface area contributed by atoms with Crippen molar-refractivity contribution in [3.63, 3.8) is 0 Å². The van der Waals surface area contributed by atoms with Gasteiger partial charge in [-0.15, -0.1) is 0 Å². The summed E-state index contributed by atoms with van der Waals surface area (Å²) in [6.45, 7) is 7.78. The van der Waals surface area contributed by atoms with Gasteiger partial charge in [-0.25, -0.2) is 9.97 Å². The van der Waals surface area contributed by atoms with Crippen molar-refractivity contribution in [1.82, 2.24) is 15.3 Å². The predicted molar refractivity (Wildman–Crippen MR) is 87.9 cm³/mol. The molecule has 1 unspecified atom stereocenters. The molecule has 0 spiro atoms. The highest BCUT2D eigenvalue weighted by Crippen LogP contribution is 2.13. The second-order valence-electron chi connectivity index (χ2n) is 5.59. The molecule has 0 bridgehead atoms. The molecule has 0 saturated carbocycles. The Hall–Kier alpha value is -2.43. The number of anilines is 1.